The Kier molecular flexibility index (Phi) is 3.05. The number of amides is 1. The van der Waals surface area contributed by atoms with E-state index >= 15 is 0 Å². The highest BCUT2D eigenvalue weighted by Gasteiger charge is 2.25. The van der Waals surface area contributed by atoms with E-state index in [1.807, 2.05) is 0 Å². The molecule has 12 heavy (non-hydrogen) atoms. The monoisotopic (exact) mass is 172 g/mol. The lowest BCUT2D eigenvalue weighted by Crippen LogP contribution is -2.50. The van der Waals surface area contributed by atoms with Crippen molar-refractivity contribution in [2.45, 2.75) is 26.0 Å². The summed E-state index contributed by atoms with van der Waals surface area (Å²) in [5.41, 5.74) is 5.14. The third-order valence-electron chi connectivity index (χ3n) is 2.15. The number of rotatable bonds is 2. The molecule has 0 bridgehead atoms. The second-order valence-corrected chi connectivity index (χ2v) is 3.35. The molecule has 1 amide bonds. The lowest BCUT2D eigenvalue weighted by molar-refractivity contribution is -0.135. The van der Waals surface area contributed by atoms with Crippen LogP contribution < -0.4 is 5.73 Å². The number of morpholine rings is 1. The lowest BCUT2D eigenvalue weighted by atomic mass is 10.2. The number of hydrogen-bond donors (Lipinski definition) is 1. The number of nitrogens with two attached hydrogens (primary N) is 1. The van der Waals surface area contributed by atoms with Crippen LogP contribution in [-0.2, 0) is 9.53 Å². The molecule has 1 aliphatic heterocycles. The van der Waals surface area contributed by atoms with Crippen LogP contribution in [0.3, 0.4) is 0 Å². The van der Waals surface area contributed by atoms with Gasteiger partial charge in [0, 0.05) is 19.1 Å². The van der Waals surface area contributed by atoms with E-state index in [0.717, 1.165) is 6.54 Å². The van der Waals surface area contributed by atoms with E-state index in [1.165, 1.54) is 0 Å². The van der Waals surface area contributed by atoms with Crippen LogP contribution in [0.5, 0.6) is 0 Å². The van der Waals surface area contributed by atoms with Crippen molar-refractivity contribution in [3.8, 4) is 0 Å². The molecule has 0 saturated carbocycles. The van der Waals surface area contributed by atoms with Crippen molar-refractivity contribution in [2.75, 3.05) is 19.7 Å². The van der Waals surface area contributed by atoms with Crippen LogP contribution in [-0.4, -0.2) is 42.6 Å². The summed E-state index contributed by atoms with van der Waals surface area (Å²) in [4.78, 5) is 13.0. The highest BCUT2D eigenvalue weighted by Crippen LogP contribution is 2.07. The molecule has 1 unspecified atom stereocenters. The lowest BCUT2D eigenvalue weighted by Gasteiger charge is -2.33. The summed E-state index contributed by atoms with van der Waals surface area (Å²) in [6.07, 6.45) is -0.416. The average Bonchev–Trinajstić information content (AvgIpc) is 2.04. The molecule has 0 aromatic carbocycles. The van der Waals surface area contributed by atoms with Crippen LogP contribution in [0, 0.1) is 0 Å². The van der Waals surface area contributed by atoms with Crippen molar-refractivity contribution < 1.29 is 9.53 Å². The third kappa shape index (κ3) is 2.19. The molecule has 0 aliphatic carbocycles. The van der Waals surface area contributed by atoms with Gasteiger partial charge in [-0.25, -0.2) is 0 Å². The van der Waals surface area contributed by atoms with Crippen molar-refractivity contribution in [1.82, 2.24) is 4.90 Å². The SMILES string of the molecule is CC(C)N1CCOC(C(N)=O)C1. The number of hydrogen-bond acceptors (Lipinski definition) is 3. The second-order valence-electron chi connectivity index (χ2n) is 3.35. The fourth-order valence-corrected chi connectivity index (χ4v) is 1.31. The molecular formula is C8H16N2O2. The van der Waals surface area contributed by atoms with Gasteiger partial charge in [0.2, 0.25) is 5.91 Å². The number of carbonyl (C=O) groups is 1. The molecule has 1 heterocycles. The summed E-state index contributed by atoms with van der Waals surface area (Å²) in [6.45, 7) is 6.33. The Bertz CT molecular complexity index is 170. The van der Waals surface area contributed by atoms with E-state index in [9.17, 15) is 4.79 Å². The summed E-state index contributed by atoms with van der Waals surface area (Å²) in [7, 11) is 0. The molecule has 1 rings (SSSR count). The Morgan fingerprint density at radius 1 is 1.67 bits per heavy atom. The van der Waals surface area contributed by atoms with Gasteiger partial charge in [0.15, 0.2) is 0 Å². The molecule has 2 N–H and O–H groups in total. The summed E-state index contributed by atoms with van der Waals surface area (Å²) in [5, 5.41) is 0. The first-order valence-corrected chi connectivity index (χ1v) is 4.26. The number of carbonyl (C=O) groups excluding carboxylic acids is 1. The van der Waals surface area contributed by atoms with Crippen molar-refractivity contribution in [3.63, 3.8) is 0 Å². The van der Waals surface area contributed by atoms with Crippen LogP contribution in [0.2, 0.25) is 0 Å². The van der Waals surface area contributed by atoms with E-state index in [1.54, 1.807) is 0 Å². The molecule has 1 atom stereocenters. The topological polar surface area (TPSA) is 55.6 Å². The second kappa shape index (κ2) is 3.87. The van der Waals surface area contributed by atoms with Crippen molar-refractivity contribution in [1.29, 1.82) is 0 Å². The van der Waals surface area contributed by atoms with Gasteiger partial charge in [0.25, 0.3) is 0 Å². The molecule has 4 heteroatoms. The zero-order chi connectivity index (χ0) is 9.14. The molecule has 0 spiro atoms. The minimum atomic E-state index is -0.416. The summed E-state index contributed by atoms with van der Waals surface area (Å²) >= 11 is 0. The largest absolute Gasteiger partial charge is 0.367 e. The quantitative estimate of drug-likeness (QED) is 0.615. The number of primary amides is 1. The molecule has 1 saturated heterocycles. The van der Waals surface area contributed by atoms with E-state index in [4.69, 9.17) is 10.5 Å². The summed E-state index contributed by atoms with van der Waals surface area (Å²) in [6, 6.07) is 0.454. The van der Waals surface area contributed by atoms with Gasteiger partial charge in [0.1, 0.15) is 6.10 Å². The smallest absolute Gasteiger partial charge is 0.247 e. The zero-order valence-electron chi connectivity index (χ0n) is 7.62. The standard InChI is InChI=1S/C8H16N2O2/c1-6(2)10-3-4-12-7(5-10)8(9)11/h6-7H,3-5H2,1-2H3,(H2,9,11). The van der Waals surface area contributed by atoms with Crippen LogP contribution >= 0.6 is 0 Å². The first-order chi connectivity index (χ1) is 5.61. The molecule has 1 fully saturated rings. The third-order valence-corrected chi connectivity index (χ3v) is 2.15. The van der Waals surface area contributed by atoms with Crippen molar-refractivity contribution in [3.05, 3.63) is 0 Å². The minimum absolute atomic E-state index is 0.361. The molecule has 70 valence electrons. The van der Waals surface area contributed by atoms with Crippen LogP contribution in [0.25, 0.3) is 0 Å². The molecule has 0 aromatic heterocycles. The molecule has 0 radical (unpaired) electrons. The van der Waals surface area contributed by atoms with Gasteiger partial charge >= 0.3 is 0 Å². The Morgan fingerprint density at radius 3 is 2.83 bits per heavy atom. The Morgan fingerprint density at radius 2 is 2.33 bits per heavy atom. The molecule has 1 aliphatic rings. The Hall–Kier alpha value is -0.610. The molecule has 4 nitrogen and oxygen atoms in total. The highest BCUT2D eigenvalue weighted by molar-refractivity contribution is 5.79. The first-order valence-electron chi connectivity index (χ1n) is 4.26. The van der Waals surface area contributed by atoms with Gasteiger partial charge in [-0.3, -0.25) is 9.69 Å². The number of ether oxygens (including phenoxy) is 1. The molecular weight excluding hydrogens is 156 g/mol. The summed E-state index contributed by atoms with van der Waals surface area (Å²) in [5.74, 6) is -0.361. The van der Waals surface area contributed by atoms with Crippen LogP contribution in [0.15, 0.2) is 0 Å². The Balaban J connectivity index is 2.46. The van der Waals surface area contributed by atoms with E-state index in [-0.39, 0.29) is 5.91 Å². The van der Waals surface area contributed by atoms with Crippen LogP contribution in [0.1, 0.15) is 13.8 Å². The average molecular weight is 172 g/mol. The van der Waals surface area contributed by atoms with E-state index in [2.05, 4.69) is 18.7 Å². The predicted molar refractivity (Wildman–Crippen MR) is 45.6 cm³/mol. The maximum atomic E-state index is 10.8. The predicted octanol–water partition coefficient (Wildman–Crippen LogP) is -0.419. The first kappa shape index (κ1) is 9.48. The van der Waals surface area contributed by atoms with E-state index in [0.29, 0.717) is 19.2 Å². The van der Waals surface area contributed by atoms with Gasteiger partial charge in [-0.2, -0.15) is 0 Å². The van der Waals surface area contributed by atoms with E-state index < -0.39 is 6.10 Å². The van der Waals surface area contributed by atoms with Gasteiger partial charge in [-0.05, 0) is 13.8 Å². The Labute approximate surface area is 72.7 Å². The normalized spacial score (nSPS) is 26.1. The summed E-state index contributed by atoms with van der Waals surface area (Å²) < 4.78 is 5.20. The molecule has 0 aromatic rings. The zero-order valence-corrected chi connectivity index (χ0v) is 7.62. The minimum Gasteiger partial charge on any atom is -0.367 e. The van der Waals surface area contributed by atoms with Crippen molar-refractivity contribution >= 4 is 5.91 Å². The van der Waals surface area contributed by atoms with Gasteiger partial charge < -0.3 is 10.5 Å². The number of nitrogens with zero attached hydrogens (tertiary/aromatic N) is 1. The highest BCUT2D eigenvalue weighted by atomic mass is 16.5. The fraction of sp³-hybridized carbons (Fsp3) is 0.875. The maximum Gasteiger partial charge on any atom is 0.247 e. The van der Waals surface area contributed by atoms with Crippen LogP contribution in [0.4, 0.5) is 0 Å². The van der Waals surface area contributed by atoms with Crippen molar-refractivity contribution in [2.24, 2.45) is 5.73 Å². The fourth-order valence-electron chi connectivity index (χ4n) is 1.31. The maximum absolute atomic E-state index is 10.8. The van der Waals surface area contributed by atoms with Gasteiger partial charge in [0.05, 0.1) is 6.61 Å². The van der Waals surface area contributed by atoms with Gasteiger partial charge in [-0.15, -0.1) is 0 Å². The van der Waals surface area contributed by atoms with Gasteiger partial charge in [-0.1, -0.05) is 0 Å².